The number of rotatable bonds is 5. The summed E-state index contributed by atoms with van der Waals surface area (Å²) in [7, 11) is -3.67. The summed E-state index contributed by atoms with van der Waals surface area (Å²) in [6.07, 6.45) is 1.60. The number of nitrogens with one attached hydrogen (secondary N) is 1. The van der Waals surface area contributed by atoms with Gasteiger partial charge in [-0.15, -0.1) is 0 Å². The summed E-state index contributed by atoms with van der Waals surface area (Å²) >= 11 is 0. The Morgan fingerprint density at radius 3 is 2.62 bits per heavy atom. The molecule has 0 spiro atoms. The molecular formula is C17H20N4O2S. The van der Waals surface area contributed by atoms with E-state index in [4.69, 9.17) is 0 Å². The van der Waals surface area contributed by atoms with Crippen molar-refractivity contribution in [3.05, 3.63) is 53.5 Å². The quantitative estimate of drug-likeness (QED) is 0.772. The van der Waals surface area contributed by atoms with Crippen LogP contribution in [0.4, 0.5) is 0 Å². The Morgan fingerprint density at radius 2 is 1.92 bits per heavy atom. The molecule has 0 atom stereocenters. The van der Waals surface area contributed by atoms with Crippen LogP contribution in [-0.2, 0) is 23.1 Å². The number of aryl methyl sites for hydroxylation is 2. The van der Waals surface area contributed by atoms with E-state index in [1.165, 1.54) is 0 Å². The summed E-state index contributed by atoms with van der Waals surface area (Å²) in [6.45, 7) is 6.82. The van der Waals surface area contributed by atoms with E-state index in [9.17, 15) is 8.42 Å². The van der Waals surface area contributed by atoms with Crippen molar-refractivity contribution in [2.75, 3.05) is 0 Å². The number of hydrogen-bond donors (Lipinski definition) is 1. The molecular weight excluding hydrogens is 324 g/mol. The van der Waals surface area contributed by atoms with Crippen LogP contribution in [0.25, 0.3) is 10.9 Å². The van der Waals surface area contributed by atoms with Gasteiger partial charge in [-0.25, -0.2) is 13.1 Å². The van der Waals surface area contributed by atoms with Gasteiger partial charge in [-0.1, -0.05) is 18.2 Å². The van der Waals surface area contributed by atoms with Crippen molar-refractivity contribution in [2.24, 2.45) is 0 Å². The van der Waals surface area contributed by atoms with Crippen LogP contribution < -0.4 is 4.72 Å². The highest BCUT2D eigenvalue weighted by Crippen LogP contribution is 2.21. The van der Waals surface area contributed by atoms with E-state index < -0.39 is 10.0 Å². The molecule has 0 aliphatic rings. The summed E-state index contributed by atoms with van der Waals surface area (Å²) < 4.78 is 30.0. The van der Waals surface area contributed by atoms with Crippen LogP contribution in [0.5, 0.6) is 0 Å². The molecule has 3 rings (SSSR count). The molecule has 0 bridgehead atoms. The van der Waals surface area contributed by atoms with E-state index in [0.717, 1.165) is 28.9 Å². The lowest BCUT2D eigenvalue weighted by atomic mass is 10.2. The summed E-state index contributed by atoms with van der Waals surface area (Å²) in [5.74, 6) is 0. The highest BCUT2D eigenvalue weighted by atomic mass is 32.2. The van der Waals surface area contributed by atoms with Crippen LogP contribution in [0.15, 0.2) is 41.4 Å². The molecule has 0 fully saturated rings. The van der Waals surface area contributed by atoms with Crippen LogP contribution in [-0.4, -0.2) is 23.2 Å². The fourth-order valence-corrected chi connectivity index (χ4v) is 4.01. The SMILES string of the molecule is CCn1nc(C)c(CNS(=O)(=O)c2cccc3cccnc23)c1C. The minimum atomic E-state index is -3.67. The molecule has 126 valence electrons. The molecule has 3 aromatic rings. The number of pyridine rings is 1. The minimum Gasteiger partial charge on any atom is -0.270 e. The van der Waals surface area contributed by atoms with Crippen LogP contribution in [0.2, 0.25) is 0 Å². The van der Waals surface area contributed by atoms with Crippen molar-refractivity contribution >= 4 is 20.9 Å². The van der Waals surface area contributed by atoms with Gasteiger partial charge in [-0.3, -0.25) is 9.67 Å². The Hall–Kier alpha value is -2.25. The molecule has 6 nitrogen and oxygen atoms in total. The van der Waals surface area contributed by atoms with Gasteiger partial charge in [0.05, 0.1) is 11.2 Å². The zero-order chi connectivity index (χ0) is 17.3. The van der Waals surface area contributed by atoms with Crippen LogP contribution in [0, 0.1) is 13.8 Å². The van der Waals surface area contributed by atoms with Crippen LogP contribution in [0.3, 0.4) is 0 Å². The average molecular weight is 344 g/mol. The fraction of sp³-hybridized carbons (Fsp3) is 0.294. The average Bonchev–Trinajstić information content (AvgIpc) is 2.86. The smallest absolute Gasteiger partial charge is 0.243 e. The molecule has 7 heteroatoms. The second-order valence-corrected chi connectivity index (χ2v) is 7.36. The van der Waals surface area contributed by atoms with Gasteiger partial charge < -0.3 is 0 Å². The molecule has 0 saturated heterocycles. The van der Waals surface area contributed by atoms with Crippen molar-refractivity contribution < 1.29 is 8.42 Å². The first-order valence-corrected chi connectivity index (χ1v) is 9.28. The number of sulfonamides is 1. The summed E-state index contributed by atoms with van der Waals surface area (Å²) in [6, 6.07) is 8.79. The fourth-order valence-electron chi connectivity index (χ4n) is 2.84. The molecule has 0 saturated carbocycles. The van der Waals surface area contributed by atoms with Crippen molar-refractivity contribution in [1.29, 1.82) is 0 Å². The maximum Gasteiger partial charge on any atom is 0.243 e. The molecule has 0 amide bonds. The molecule has 0 unspecified atom stereocenters. The third kappa shape index (κ3) is 2.92. The molecule has 2 aromatic heterocycles. The normalized spacial score (nSPS) is 12.0. The lowest BCUT2D eigenvalue weighted by molar-refractivity contribution is 0.581. The van der Waals surface area contributed by atoms with E-state index in [0.29, 0.717) is 5.52 Å². The zero-order valence-corrected chi connectivity index (χ0v) is 14.8. The minimum absolute atomic E-state index is 0.193. The van der Waals surface area contributed by atoms with Crippen molar-refractivity contribution in [3.8, 4) is 0 Å². The van der Waals surface area contributed by atoms with Crippen molar-refractivity contribution in [3.63, 3.8) is 0 Å². The summed E-state index contributed by atoms with van der Waals surface area (Å²) in [4.78, 5) is 4.41. The number of nitrogens with zero attached hydrogens (tertiary/aromatic N) is 3. The maximum atomic E-state index is 12.7. The van der Waals surface area contributed by atoms with Gasteiger partial charge in [0.15, 0.2) is 0 Å². The van der Waals surface area contributed by atoms with Crippen LogP contribution >= 0.6 is 0 Å². The molecule has 0 radical (unpaired) electrons. The number of aromatic nitrogens is 3. The standard InChI is InChI=1S/C17H20N4O2S/c1-4-21-13(3)15(12(2)20-21)11-19-24(22,23)16-9-5-7-14-8-6-10-18-17(14)16/h5-10,19H,4,11H2,1-3H3. The monoisotopic (exact) mass is 344 g/mol. The van der Waals surface area contributed by atoms with Gasteiger partial charge in [-0.05, 0) is 32.9 Å². The highest BCUT2D eigenvalue weighted by Gasteiger charge is 2.19. The Bertz CT molecular complexity index is 988. The molecule has 0 aliphatic carbocycles. The first kappa shape index (κ1) is 16.6. The molecule has 2 heterocycles. The first-order chi connectivity index (χ1) is 11.4. The lowest BCUT2D eigenvalue weighted by Crippen LogP contribution is -2.24. The van der Waals surface area contributed by atoms with Crippen molar-refractivity contribution in [1.82, 2.24) is 19.5 Å². The van der Waals surface area contributed by atoms with Crippen molar-refractivity contribution in [2.45, 2.75) is 38.8 Å². The Labute approximate surface area is 141 Å². The topological polar surface area (TPSA) is 76.9 Å². The number of para-hydroxylation sites is 1. The Kier molecular flexibility index (Phi) is 4.38. The molecule has 0 aliphatic heterocycles. The molecule has 24 heavy (non-hydrogen) atoms. The van der Waals surface area contributed by atoms with Crippen LogP contribution in [0.1, 0.15) is 23.9 Å². The van der Waals surface area contributed by atoms with E-state index in [2.05, 4.69) is 14.8 Å². The molecule has 1 N–H and O–H groups in total. The number of benzene rings is 1. The second kappa shape index (κ2) is 6.33. The zero-order valence-electron chi connectivity index (χ0n) is 13.9. The van der Waals surface area contributed by atoms with Gasteiger partial charge in [0.1, 0.15) is 4.90 Å². The predicted molar refractivity (Wildman–Crippen MR) is 93.1 cm³/mol. The van der Waals surface area contributed by atoms with Gasteiger partial charge in [0.25, 0.3) is 0 Å². The van der Waals surface area contributed by atoms with E-state index in [-0.39, 0.29) is 11.4 Å². The lowest BCUT2D eigenvalue weighted by Gasteiger charge is -2.09. The van der Waals surface area contributed by atoms with E-state index >= 15 is 0 Å². The van der Waals surface area contributed by atoms with Gasteiger partial charge in [-0.2, -0.15) is 5.10 Å². The first-order valence-electron chi connectivity index (χ1n) is 7.80. The highest BCUT2D eigenvalue weighted by molar-refractivity contribution is 7.89. The van der Waals surface area contributed by atoms with Gasteiger partial charge in [0, 0.05) is 35.9 Å². The van der Waals surface area contributed by atoms with Gasteiger partial charge in [0.2, 0.25) is 10.0 Å². The van der Waals surface area contributed by atoms with E-state index in [1.807, 2.05) is 37.6 Å². The predicted octanol–water partition coefficient (Wildman–Crippen LogP) is 2.55. The van der Waals surface area contributed by atoms with Gasteiger partial charge >= 0.3 is 0 Å². The summed E-state index contributed by atoms with van der Waals surface area (Å²) in [5, 5.41) is 5.22. The maximum absolute atomic E-state index is 12.7. The third-order valence-electron chi connectivity index (χ3n) is 4.16. The van der Waals surface area contributed by atoms with E-state index in [1.54, 1.807) is 24.4 Å². The number of fused-ring (bicyclic) bond motifs is 1. The number of hydrogen-bond acceptors (Lipinski definition) is 4. The largest absolute Gasteiger partial charge is 0.270 e. The Morgan fingerprint density at radius 1 is 1.17 bits per heavy atom. The third-order valence-corrected chi connectivity index (χ3v) is 5.59. The second-order valence-electron chi connectivity index (χ2n) is 5.62. The Balaban J connectivity index is 1.93. The summed E-state index contributed by atoms with van der Waals surface area (Å²) in [5.41, 5.74) is 3.21. The molecule has 1 aromatic carbocycles.